The summed E-state index contributed by atoms with van der Waals surface area (Å²) in [6, 6.07) is 12.9. The van der Waals surface area contributed by atoms with Crippen LogP contribution >= 0.6 is 11.6 Å². The number of ether oxygens (including phenoxy) is 2. The van der Waals surface area contributed by atoms with Gasteiger partial charge in [0, 0.05) is 43.0 Å². The maximum Gasteiger partial charge on any atom is 0.274 e. The Hall–Kier alpha value is -4.02. The van der Waals surface area contributed by atoms with Crippen LogP contribution in [0.15, 0.2) is 60.9 Å². The van der Waals surface area contributed by atoms with Crippen molar-refractivity contribution in [1.82, 2.24) is 19.7 Å². The van der Waals surface area contributed by atoms with Crippen molar-refractivity contribution in [3.05, 3.63) is 83.0 Å². The Morgan fingerprint density at radius 1 is 1.22 bits per heavy atom. The molecule has 0 spiro atoms. The number of amides is 1. The SMILES string of the molecule is COc1ccccc1NC(=O)c1cc(N2CCOC(c3cnn(C)c3)C2)nc(-c2ccc(Cl)cc2F)n1. The second kappa shape index (κ2) is 10.5. The molecule has 5 rings (SSSR count). The van der Waals surface area contributed by atoms with Gasteiger partial charge in [0.15, 0.2) is 5.82 Å². The molecule has 1 aliphatic heterocycles. The fourth-order valence-corrected chi connectivity index (χ4v) is 4.26. The molecule has 1 saturated heterocycles. The number of morpholine rings is 1. The van der Waals surface area contributed by atoms with Gasteiger partial charge in [0.1, 0.15) is 29.2 Å². The molecule has 1 N–H and O–H groups in total. The van der Waals surface area contributed by atoms with E-state index in [1.54, 1.807) is 47.3 Å². The number of nitrogens with one attached hydrogen (secondary N) is 1. The minimum absolute atomic E-state index is 0.0706. The molecule has 9 nitrogen and oxygen atoms in total. The van der Waals surface area contributed by atoms with Crippen molar-refractivity contribution in [2.45, 2.75) is 6.10 Å². The van der Waals surface area contributed by atoms with Crippen LogP contribution in [0.1, 0.15) is 22.2 Å². The van der Waals surface area contributed by atoms with Crippen LogP contribution in [0, 0.1) is 5.82 Å². The molecular weight excluding hydrogens is 499 g/mol. The Kier molecular flexibility index (Phi) is 7.02. The van der Waals surface area contributed by atoms with E-state index < -0.39 is 11.7 Å². The Balaban J connectivity index is 1.52. The first-order valence-corrected chi connectivity index (χ1v) is 11.9. The highest BCUT2D eigenvalue weighted by Crippen LogP contribution is 2.29. The number of carbonyl (C=O) groups excluding carboxylic acids is 1. The van der Waals surface area contributed by atoms with E-state index in [0.717, 1.165) is 5.56 Å². The van der Waals surface area contributed by atoms with Gasteiger partial charge >= 0.3 is 0 Å². The van der Waals surface area contributed by atoms with E-state index in [-0.39, 0.29) is 28.2 Å². The molecule has 1 aliphatic rings. The Morgan fingerprint density at radius 2 is 2.05 bits per heavy atom. The number of nitrogens with zero attached hydrogens (tertiary/aromatic N) is 5. The van der Waals surface area contributed by atoms with Gasteiger partial charge in [-0.1, -0.05) is 23.7 Å². The number of aryl methyl sites for hydroxylation is 1. The first-order valence-electron chi connectivity index (χ1n) is 11.5. The van der Waals surface area contributed by atoms with Crippen LogP contribution in [0.5, 0.6) is 5.75 Å². The van der Waals surface area contributed by atoms with E-state index in [1.807, 2.05) is 18.1 Å². The molecule has 0 saturated carbocycles. The average Bonchev–Trinajstić information content (AvgIpc) is 3.35. The molecule has 3 heterocycles. The summed E-state index contributed by atoms with van der Waals surface area (Å²) in [6.45, 7) is 1.44. The van der Waals surface area contributed by atoms with E-state index in [2.05, 4.69) is 20.4 Å². The highest BCUT2D eigenvalue weighted by Gasteiger charge is 2.26. The van der Waals surface area contributed by atoms with E-state index >= 15 is 0 Å². The van der Waals surface area contributed by atoms with Crippen LogP contribution in [-0.4, -0.2) is 52.5 Å². The second-order valence-corrected chi connectivity index (χ2v) is 8.90. The summed E-state index contributed by atoms with van der Waals surface area (Å²) in [5.41, 5.74) is 1.62. The second-order valence-electron chi connectivity index (χ2n) is 8.47. The number of anilines is 2. The lowest BCUT2D eigenvalue weighted by Gasteiger charge is -2.33. The number of aromatic nitrogens is 4. The van der Waals surface area contributed by atoms with Gasteiger partial charge in [0.05, 0.1) is 31.2 Å². The summed E-state index contributed by atoms with van der Waals surface area (Å²) in [4.78, 5) is 24.3. The van der Waals surface area contributed by atoms with Gasteiger partial charge in [-0.05, 0) is 30.3 Å². The van der Waals surface area contributed by atoms with Gasteiger partial charge in [-0.25, -0.2) is 14.4 Å². The molecule has 37 heavy (non-hydrogen) atoms. The molecule has 2 aromatic heterocycles. The molecule has 1 unspecified atom stereocenters. The molecule has 1 fully saturated rings. The Morgan fingerprint density at radius 3 is 2.81 bits per heavy atom. The molecule has 11 heteroatoms. The largest absolute Gasteiger partial charge is 0.495 e. The van der Waals surface area contributed by atoms with Crippen molar-refractivity contribution in [1.29, 1.82) is 0 Å². The quantitative estimate of drug-likeness (QED) is 0.398. The summed E-state index contributed by atoms with van der Waals surface area (Å²) in [6.07, 6.45) is 3.42. The maximum atomic E-state index is 14.8. The molecule has 0 radical (unpaired) electrons. The number of carbonyl (C=O) groups is 1. The number of methoxy groups -OCH3 is 1. The van der Waals surface area contributed by atoms with Crippen molar-refractivity contribution in [2.24, 2.45) is 7.05 Å². The van der Waals surface area contributed by atoms with Crippen LogP contribution in [-0.2, 0) is 11.8 Å². The lowest BCUT2D eigenvalue weighted by Crippen LogP contribution is -2.39. The third-order valence-electron chi connectivity index (χ3n) is 5.96. The van der Waals surface area contributed by atoms with Crippen molar-refractivity contribution >= 4 is 29.0 Å². The summed E-state index contributed by atoms with van der Waals surface area (Å²) in [5.74, 6) is -0.0265. The van der Waals surface area contributed by atoms with Crippen molar-refractivity contribution in [2.75, 3.05) is 37.0 Å². The van der Waals surface area contributed by atoms with Crippen LogP contribution in [0.3, 0.4) is 0 Å². The molecule has 4 aromatic rings. The predicted molar refractivity (Wildman–Crippen MR) is 137 cm³/mol. The fourth-order valence-electron chi connectivity index (χ4n) is 4.10. The summed E-state index contributed by atoms with van der Waals surface area (Å²) in [7, 11) is 3.36. The normalized spacial score (nSPS) is 15.5. The predicted octanol–water partition coefficient (Wildman–Crippen LogP) is 4.51. The van der Waals surface area contributed by atoms with Crippen molar-refractivity contribution < 1.29 is 18.7 Å². The summed E-state index contributed by atoms with van der Waals surface area (Å²) >= 11 is 5.95. The Labute approximate surface area is 217 Å². The number of hydrogen-bond donors (Lipinski definition) is 1. The zero-order valence-corrected chi connectivity index (χ0v) is 20.9. The first kappa shape index (κ1) is 24.7. The smallest absolute Gasteiger partial charge is 0.274 e. The first-order chi connectivity index (χ1) is 17.9. The van der Waals surface area contributed by atoms with Gasteiger partial charge in [-0.15, -0.1) is 0 Å². The third-order valence-corrected chi connectivity index (χ3v) is 6.19. The van der Waals surface area contributed by atoms with Crippen LogP contribution in [0.4, 0.5) is 15.9 Å². The number of halogens is 2. The molecule has 1 atom stereocenters. The van der Waals surface area contributed by atoms with E-state index in [0.29, 0.717) is 37.0 Å². The van der Waals surface area contributed by atoms with Crippen LogP contribution in [0.25, 0.3) is 11.4 Å². The van der Waals surface area contributed by atoms with Gasteiger partial charge in [0.2, 0.25) is 0 Å². The van der Waals surface area contributed by atoms with E-state index in [4.69, 9.17) is 21.1 Å². The summed E-state index contributed by atoms with van der Waals surface area (Å²) in [5, 5.41) is 7.30. The third kappa shape index (κ3) is 5.40. The number of rotatable bonds is 6. The van der Waals surface area contributed by atoms with Crippen LogP contribution in [0.2, 0.25) is 5.02 Å². The highest BCUT2D eigenvalue weighted by molar-refractivity contribution is 6.30. The average molecular weight is 523 g/mol. The van der Waals surface area contributed by atoms with E-state index in [1.165, 1.54) is 19.2 Å². The zero-order chi connectivity index (χ0) is 25.9. The highest BCUT2D eigenvalue weighted by atomic mass is 35.5. The molecule has 0 aliphatic carbocycles. The molecular formula is C26H24ClFN6O3. The number of benzene rings is 2. The number of para-hydroxylation sites is 2. The number of hydrogen-bond acceptors (Lipinski definition) is 7. The minimum atomic E-state index is -0.587. The van der Waals surface area contributed by atoms with E-state index in [9.17, 15) is 9.18 Å². The topological polar surface area (TPSA) is 94.4 Å². The van der Waals surface area contributed by atoms with Crippen LogP contribution < -0.4 is 15.0 Å². The van der Waals surface area contributed by atoms with Gasteiger partial charge in [-0.3, -0.25) is 9.48 Å². The van der Waals surface area contributed by atoms with Gasteiger partial charge in [0.25, 0.3) is 5.91 Å². The van der Waals surface area contributed by atoms with Crippen molar-refractivity contribution in [3.63, 3.8) is 0 Å². The van der Waals surface area contributed by atoms with Crippen molar-refractivity contribution in [3.8, 4) is 17.1 Å². The Bertz CT molecular complexity index is 1450. The minimum Gasteiger partial charge on any atom is -0.495 e. The standard InChI is InChI=1S/C26H24ClFN6O3/c1-33-14-16(13-29-33)23-15-34(9-10-37-23)24-12-21(26(35)31-20-5-3-4-6-22(20)36-2)30-25(32-24)18-8-7-17(27)11-19(18)28/h3-8,11-14,23H,9-10,15H2,1-2H3,(H,31,35). The molecule has 0 bridgehead atoms. The molecule has 2 aromatic carbocycles. The summed E-state index contributed by atoms with van der Waals surface area (Å²) < 4.78 is 27.9. The maximum absolute atomic E-state index is 14.8. The molecule has 190 valence electrons. The van der Waals surface area contributed by atoms with Gasteiger partial charge in [-0.2, -0.15) is 5.10 Å². The fraction of sp³-hybridized carbons (Fsp3) is 0.231. The zero-order valence-electron chi connectivity index (χ0n) is 20.2. The lowest BCUT2D eigenvalue weighted by atomic mass is 10.1. The van der Waals surface area contributed by atoms with Gasteiger partial charge < -0.3 is 19.7 Å². The monoisotopic (exact) mass is 522 g/mol. The lowest BCUT2D eigenvalue weighted by molar-refractivity contribution is 0.0395. The molecule has 1 amide bonds.